The first kappa shape index (κ1) is 21.7. The molecule has 1 saturated carbocycles. The summed E-state index contributed by atoms with van der Waals surface area (Å²) >= 11 is 0. The summed E-state index contributed by atoms with van der Waals surface area (Å²) in [5.74, 6) is -1.02. The fourth-order valence-corrected chi connectivity index (χ4v) is 4.44. The average molecular weight is 432 g/mol. The van der Waals surface area contributed by atoms with Crippen LogP contribution in [0.1, 0.15) is 36.0 Å². The van der Waals surface area contributed by atoms with Crippen LogP contribution in [0.15, 0.2) is 42.5 Å². The highest BCUT2D eigenvalue weighted by molar-refractivity contribution is 5.96. The minimum Gasteiger partial charge on any atom is -0.369 e. The number of halogens is 3. The van der Waals surface area contributed by atoms with Crippen molar-refractivity contribution < 1.29 is 18.0 Å². The number of piperazine rings is 1. The van der Waals surface area contributed by atoms with Crippen molar-refractivity contribution in [2.24, 2.45) is 5.92 Å². The van der Waals surface area contributed by atoms with Crippen LogP contribution in [0, 0.1) is 12.8 Å². The van der Waals surface area contributed by atoms with Gasteiger partial charge in [-0.1, -0.05) is 25.1 Å². The van der Waals surface area contributed by atoms with Crippen LogP contribution in [0.25, 0.3) is 0 Å². The van der Waals surface area contributed by atoms with Crippen molar-refractivity contribution in [2.45, 2.75) is 32.4 Å². The summed E-state index contributed by atoms with van der Waals surface area (Å²) in [6.07, 6.45) is -3.97. The Morgan fingerprint density at radius 1 is 1.10 bits per heavy atom. The molecule has 2 aliphatic rings. The molecule has 1 aliphatic heterocycles. The first-order valence-electron chi connectivity index (χ1n) is 10.8. The Labute approximate surface area is 181 Å². The van der Waals surface area contributed by atoms with E-state index in [9.17, 15) is 18.0 Å². The number of nitrogens with zero attached hydrogens (tertiary/aromatic N) is 2. The number of aryl methyl sites for hydroxylation is 1. The normalized spacial score (nSPS) is 21.8. The number of benzene rings is 2. The highest BCUT2D eigenvalue weighted by Gasteiger charge is 2.47. The zero-order valence-electron chi connectivity index (χ0n) is 17.9. The third-order valence-corrected chi connectivity index (χ3v) is 6.45. The lowest BCUT2D eigenvalue weighted by molar-refractivity contribution is -0.138. The molecule has 4 nitrogen and oxygen atoms in total. The van der Waals surface area contributed by atoms with Crippen molar-refractivity contribution in [3.8, 4) is 0 Å². The fourth-order valence-electron chi connectivity index (χ4n) is 4.44. The van der Waals surface area contributed by atoms with Crippen molar-refractivity contribution in [1.29, 1.82) is 0 Å². The fraction of sp³-hybridized carbons (Fsp3) is 0.458. The van der Waals surface area contributed by atoms with E-state index < -0.39 is 17.7 Å². The Hall–Kier alpha value is -2.54. The van der Waals surface area contributed by atoms with Crippen LogP contribution >= 0.6 is 0 Å². The molecular formula is C24H28F3N3O. The van der Waals surface area contributed by atoms with E-state index in [1.165, 1.54) is 12.1 Å². The van der Waals surface area contributed by atoms with Gasteiger partial charge in [-0.3, -0.25) is 4.79 Å². The summed E-state index contributed by atoms with van der Waals surface area (Å²) in [5, 5.41) is 2.93. The van der Waals surface area contributed by atoms with Crippen LogP contribution in [0.3, 0.4) is 0 Å². The summed E-state index contributed by atoms with van der Waals surface area (Å²) in [6.45, 7) is 9.21. The van der Waals surface area contributed by atoms with Gasteiger partial charge in [0, 0.05) is 43.5 Å². The number of nitrogens with one attached hydrogen (secondary N) is 1. The number of likely N-dealkylation sites (N-methyl/N-ethyl adjacent to an activating group) is 1. The quantitative estimate of drug-likeness (QED) is 0.732. The number of rotatable bonds is 5. The Balaban J connectivity index is 1.40. The smallest absolute Gasteiger partial charge is 0.369 e. The minimum absolute atomic E-state index is 0.214. The Morgan fingerprint density at radius 2 is 1.81 bits per heavy atom. The van der Waals surface area contributed by atoms with Crippen molar-refractivity contribution in [2.75, 3.05) is 42.9 Å². The highest BCUT2D eigenvalue weighted by Crippen LogP contribution is 2.51. The van der Waals surface area contributed by atoms with E-state index in [-0.39, 0.29) is 17.4 Å². The summed E-state index contributed by atoms with van der Waals surface area (Å²) in [4.78, 5) is 17.5. The van der Waals surface area contributed by atoms with Gasteiger partial charge in [0.2, 0.25) is 5.91 Å². The molecule has 2 aromatic carbocycles. The first-order valence-corrected chi connectivity index (χ1v) is 10.8. The minimum atomic E-state index is -4.41. The molecule has 1 N–H and O–H groups in total. The number of carbonyl (C=O) groups is 1. The Kier molecular flexibility index (Phi) is 5.97. The van der Waals surface area contributed by atoms with Gasteiger partial charge in [-0.25, -0.2) is 0 Å². The molecular weight excluding hydrogens is 403 g/mol. The summed E-state index contributed by atoms with van der Waals surface area (Å²) in [6, 6.07) is 11.5. The van der Waals surface area contributed by atoms with E-state index in [4.69, 9.17) is 0 Å². The Bertz CT molecular complexity index is 951. The number of hydrogen-bond donors (Lipinski definition) is 1. The molecule has 31 heavy (non-hydrogen) atoms. The third kappa shape index (κ3) is 4.71. The first-order chi connectivity index (χ1) is 14.8. The molecule has 1 aliphatic carbocycles. The lowest BCUT2D eigenvalue weighted by Crippen LogP contribution is -2.46. The van der Waals surface area contributed by atoms with Gasteiger partial charge in [0.15, 0.2) is 0 Å². The van der Waals surface area contributed by atoms with Gasteiger partial charge >= 0.3 is 6.18 Å². The summed E-state index contributed by atoms with van der Waals surface area (Å²) in [5.41, 5.74) is 2.38. The monoisotopic (exact) mass is 431 g/mol. The zero-order chi connectivity index (χ0) is 22.2. The molecule has 166 valence electrons. The molecule has 0 radical (unpaired) electrons. The van der Waals surface area contributed by atoms with Crippen LogP contribution in [-0.2, 0) is 11.0 Å². The number of anilines is 2. The molecule has 1 heterocycles. The molecule has 4 rings (SSSR count). The van der Waals surface area contributed by atoms with Gasteiger partial charge in [-0.05, 0) is 61.2 Å². The molecule has 1 amide bonds. The SMILES string of the molecule is CCN1CCN(c2ccc(NC(=O)C3CC3c3ccccc3C(F)(F)F)c(C)c2)CC1. The molecule has 7 heteroatoms. The van der Waals surface area contributed by atoms with E-state index in [0.717, 1.165) is 55.7 Å². The van der Waals surface area contributed by atoms with Gasteiger partial charge in [-0.2, -0.15) is 13.2 Å². The topological polar surface area (TPSA) is 35.6 Å². The van der Waals surface area contributed by atoms with Crippen LogP contribution in [0.2, 0.25) is 0 Å². The lowest BCUT2D eigenvalue weighted by atomic mass is 10.0. The van der Waals surface area contributed by atoms with E-state index in [0.29, 0.717) is 6.42 Å². The average Bonchev–Trinajstić information content (AvgIpc) is 3.56. The van der Waals surface area contributed by atoms with Gasteiger partial charge in [0.05, 0.1) is 5.56 Å². The molecule has 0 spiro atoms. The molecule has 2 unspecified atom stereocenters. The largest absolute Gasteiger partial charge is 0.416 e. The predicted molar refractivity (Wildman–Crippen MR) is 116 cm³/mol. The second kappa shape index (κ2) is 8.54. The van der Waals surface area contributed by atoms with Crippen LogP contribution in [-0.4, -0.2) is 43.5 Å². The van der Waals surface area contributed by atoms with Crippen LogP contribution in [0.5, 0.6) is 0 Å². The van der Waals surface area contributed by atoms with Crippen molar-refractivity contribution in [3.63, 3.8) is 0 Å². The maximum atomic E-state index is 13.3. The van der Waals surface area contributed by atoms with Crippen molar-refractivity contribution in [1.82, 2.24) is 4.90 Å². The van der Waals surface area contributed by atoms with E-state index in [2.05, 4.69) is 28.1 Å². The third-order valence-electron chi connectivity index (χ3n) is 6.45. The van der Waals surface area contributed by atoms with Crippen molar-refractivity contribution in [3.05, 3.63) is 59.2 Å². The van der Waals surface area contributed by atoms with Gasteiger partial charge in [0.1, 0.15) is 0 Å². The van der Waals surface area contributed by atoms with E-state index in [1.807, 2.05) is 19.1 Å². The second-order valence-corrected chi connectivity index (χ2v) is 8.44. The summed E-state index contributed by atoms with van der Waals surface area (Å²) < 4.78 is 39.9. The maximum absolute atomic E-state index is 13.3. The number of hydrogen-bond acceptors (Lipinski definition) is 3. The molecule has 0 aromatic heterocycles. The van der Waals surface area contributed by atoms with Crippen LogP contribution < -0.4 is 10.2 Å². The molecule has 2 fully saturated rings. The standard InChI is InChI=1S/C24H28F3N3O/c1-3-29-10-12-30(13-11-29)17-8-9-22(16(2)14-17)28-23(31)20-15-19(20)18-6-4-5-7-21(18)24(25,26)27/h4-9,14,19-20H,3,10-13,15H2,1-2H3,(H,28,31). The van der Waals surface area contributed by atoms with Crippen molar-refractivity contribution >= 4 is 17.3 Å². The number of amides is 1. The molecule has 2 aromatic rings. The van der Waals surface area contributed by atoms with Gasteiger partial charge in [-0.15, -0.1) is 0 Å². The predicted octanol–water partition coefficient (Wildman–Crippen LogP) is 4.90. The lowest BCUT2D eigenvalue weighted by Gasteiger charge is -2.35. The highest BCUT2D eigenvalue weighted by atomic mass is 19.4. The summed E-state index contributed by atoms with van der Waals surface area (Å²) in [7, 11) is 0. The molecule has 2 atom stereocenters. The maximum Gasteiger partial charge on any atom is 0.416 e. The number of carbonyl (C=O) groups excluding carboxylic acids is 1. The second-order valence-electron chi connectivity index (χ2n) is 8.44. The zero-order valence-corrected chi connectivity index (χ0v) is 17.9. The Morgan fingerprint density at radius 3 is 2.45 bits per heavy atom. The molecule has 0 bridgehead atoms. The van der Waals surface area contributed by atoms with Gasteiger partial charge < -0.3 is 15.1 Å². The van der Waals surface area contributed by atoms with Gasteiger partial charge in [0.25, 0.3) is 0 Å². The molecule has 1 saturated heterocycles. The van der Waals surface area contributed by atoms with Crippen LogP contribution in [0.4, 0.5) is 24.5 Å². The number of alkyl halides is 3. The van der Waals surface area contributed by atoms with E-state index >= 15 is 0 Å². The van der Waals surface area contributed by atoms with E-state index in [1.54, 1.807) is 6.07 Å².